The Morgan fingerprint density at radius 2 is 1.72 bits per heavy atom. The van der Waals surface area contributed by atoms with E-state index in [0.717, 1.165) is 12.8 Å². The van der Waals surface area contributed by atoms with Gasteiger partial charge < -0.3 is 18.3 Å². The second-order valence-corrected chi connectivity index (χ2v) is 6.09. The summed E-state index contributed by atoms with van der Waals surface area (Å²) >= 11 is 0. The molecule has 6 heteroatoms. The highest BCUT2D eigenvalue weighted by atomic mass is 28.4. The number of nitrogens with one attached hydrogen (secondary N) is 1. The average molecular weight is 275 g/mol. The van der Waals surface area contributed by atoms with Crippen molar-refractivity contribution in [2.45, 2.75) is 40.5 Å². The van der Waals surface area contributed by atoms with Gasteiger partial charge in [-0.3, -0.25) is 4.79 Å². The van der Waals surface area contributed by atoms with Gasteiger partial charge in [0, 0.05) is 25.4 Å². The van der Waals surface area contributed by atoms with Crippen molar-refractivity contribution in [3.8, 4) is 0 Å². The van der Waals surface area contributed by atoms with Crippen LogP contribution in [0.3, 0.4) is 0 Å². The first-order chi connectivity index (χ1) is 8.51. The van der Waals surface area contributed by atoms with Gasteiger partial charge in [0.05, 0.1) is 0 Å². The number of hydrogen-bond donors (Lipinski definition) is 1. The summed E-state index contributed by atoms with van der Waals surface area (Å²) in [7, 11) is -3.12. The minimum Gasteiger partial charge on any atom is -0.357 e. The molecule has 1 N–H and O–H groups in total. The molecule has 0 radical (unpaired) electrons. The van der Waals surface area contributed by atoms with Gasteiger partial charge in [0.1, 0.15) is 0 Å². The number of hydrogen-bond acceptors (Lipinski definition) is 4. The first kappa shape index (κ1) is 17.3. The second kappa shape index (κ2) is 9.27. The summed E-state index contributed by atoms with van der Waals surface area (Å²) in [6.45, 7) is 12.4. The Morgan fingerprint density at radius 3 is 2.11 bits per heavy atom. The first-order valence-corrected chi connectivity index (χ1v) is 8.13. The summed E-state index contributed by atoms with van der Waals surface area (Å²) < 4.78 is 16.8. The number of carbonyl (C=O) groups excluding carboxylic acids is 1. The van der Waals surface area contributed by atoms with E-state index < -0.39 is 8.97 Å². The normalized spacial score (nSPS) is 11.3. The van der Waals surface area contributed by atoms with Crippen LogP contribution in [0, 0.1) is 0 Å². The van der Waals surface area contributed by atoms with E-state index in [1.807, 2.05) is 13.8 Å². The molecule has 18 heavy (non-hydrogen) atoms. The maximum atomic E-state index is 11.7. The number of unbranched alkanes of at least 4 members (excludes halogenated alkanes) is 1. The molecule has 0 aliphatic rings. The zero-order chi connectivity index (χ0) is 14.0. The smallest absolute Gasteiger partial charge is 0.357 e. The van der Waals surface area contributed by atoms with Crippen molar-refractivity contribution in [3.63, 3.8) is 0 Å². The van der Waals surface area contributed by atoms with Gasteiger partial charge >= 0.3 is 8.97 Å². The van der Waals surface area contributed by atoms with Crippen LogP contribution in [0.5, 0.6) is 0 Å². The topological polar surface area (TPSA) is 56.8 Å². The molecule has 0 atom stereocenters. The highest BCUT2D eigenvalue weighted by Crippen LogP contribution is 2.09. The Bertz CT molecular complexity index is 265. The van der Waals surface area contributed by atoms with E-state index in [1.54, 1.807) is 6.92 Å². The van der Waals surface area contributed by atoms with Gasteiger partial charge in [-0.15, -0.1) is 0 Å². The standard InChI is InChI=1S/C12H25NO4Si/c1-6-9-10-17-18(15-7-2,16-8-3)13-12(14)11(4)5/h4,6-10H2,1-3,5H3,(H,13,14). The van der Waals surface area contributed by atoms with Crippen molar-refractivity contribution in [1.82, 2.24) is 4.98 Å². The van der Waals surface area contributed by atoms with Crippen LogP contribution in [0.15, 0.2) is 12.2 Å². The Labute approximate surface area is 111 Å². The lowest BCUT2D eigenvalue weighted by Gasteiger charge is -2.28. The van der Waals surface area contributed by atoms with E-state index in [4.69, 9.17) is 13.3 Å². The van der Waals surface area contributed by atoms with E-state index >= 15 is 0 Å². The summed E-state index contributed by atoms with van der Waals surface area (Å²) in [6, 6.07) is 0. The molecule has 0 aromatic rings. The third kappa shape index (κ3) is 6.30. The molecule has 0 heterocycles. The summed E-state index contributed by atoms with van der Waals surface area (Å²) in [5, 5.41) is 0. The van der Waals surface area contributed by atoms with Crippen molar-refractivity contribution in [2.75, 3.05) is 19.8 Å². The second-order valence-electron chi connectivity index (χ2n) is 3.86. The maximum absolute atomic E-state index is 11.7. The summed E-state index contributed by atoms with van der Waals surface area (Å²) in [6.07, 6.45) is 1.91. The number of carbonyl (C=O) groups is 1. The van der Waals surface area contributed by atoms with E-state index in [0.29, 0.717) is 25.4 Å². The summed E-state index contributed by atoms with van der Waals surface area (Å²) in [5.41, 5.74) is 0.408. The van der Waals surface area contributed by atoms with Gasteiger partial charge in [-0.25, -0.2) is 0 Å². The minimum absolute atomic E-state index is 0.292. The molecule has 0 fully saturated rings. The monoisotopic (exact) mass is 275 g/mol. The number of amides is 1. The highest BCUT2D eigenvalue weighted by molar-refractivity contribution is 6.61. The van der Waals surface area contributed by atoms with Crippen LogP contribution in [0.4, 0.5) is 0 Å². The van der Waals surface area contributed by atoms with Crippen molar-refractivity contribution < 1.29 is 18.1 Å². The van der Waals surface area contributed by atoms with Gasteiger partial charge in [0.2, 0.25) is 5.91 Å². The van der Waals surface area contributed by atoms with E-state index in [9.17, 15) is 4.79 Å². The molecule has 1 amide bonds. The van der Waals surface area contributed by atoms with Crippen LogP contribution in [0.1, 0.15) is 40.5 Å². The fourth-order valence-electron chi connectivity index (χ4n) is 1.21. The SMILES string of the molecule is C=C(C)C(=O)N[Si](OCC)(OCC)OCCCC. The molecule has 0 unspecified atom stereocenters. The molecule has 0 aromatic carbocycles. The van der Waals surface area contributed by atoms with Crippen LogP contribution in [0.25, 0.3) is 0 Å². The molecule has 0 saturated carbocycles. The van der Waals surface area contributed by atoms with Crippen LogP contribution in [-0.4, -0.2) is 34.7 Å². The lowest BCUT2D eigenvalue weighted by molar-refractivity contribution is -0.117. The van der Waals surface area contributed by atoms with Crippen molar-refractivity contribution in [1.29, 1.82) is 0 Å². The van der Waals surface area contributed by atoms with Gasteiger partial charge in [-0.2, -0.15) is 0 Å². The molecular formula is C12H25NO4Si. The van der Waals surface area contributed by atoms with E-state index in [2.05, 4.69) is 18.5 Å². The molecule has 0 bridgehead atoms. The molecule has 0 aliphatic carbocycles. The first-order valence-electron chi connectivity index (χ1n) is 6.41. The maximum Gasteiger partial charge on any atom is 0.633 e. The fraction of sp³-hybridized carbons (Fsp3) is 0.750. The average Bonchev–Trinajstić information content (AvgIpc) is 2.29. The van der Waals surface area contributed by atoms with Gasteiger partial charge in [-0.05, 0) is 27.2 Å². The van der Waals surface area contributed by atoms with E-state index in [1.165, 1.54) is 0 Å². The molecule has 106 valence electrons. The van der Waals surface area contributed by atoms with Crippen LogP contribution in [0.2, 0.25) is 0 Å². The highest BCUT2D eigenvalue weighted by Gasteiger charge is 2.44. The zero-order valence-corrected chi connectivity index (χ0v) is 12.9. The molecule has 0 rings (SSSR count). The third-order valence-corrected chi connectivity index (χ3v) is 4.57. The zero-order valence-electron chi connectivity index (χ0n) is 11.9. The Kier molecular flexibility index (Phi) is 8.91. The predicted molar refractivity (Wildman–Crippen MR) is 72.8 cm³/mol. The van der Waals surface area contributed by atoms with Crippen LogP contribution in [-0.2, 0) is 18.1 Å². The Hall–Kier alpha value is -0.693. The van der Waals surface area contributed by atoms with E-state index in [-0.39, 0.29) is 5.91 Å². The Balaban J connectivity index is 4.71. The molecular weight excluding hydrogens is 250 g/mol. The summed E-state index contributed by atoms with van der Waals surface area (Å²) in [5.74, 6) is -0.292. The van der Waals surface area contributed by atoms with Gasteiger partial charge in [0.25, 0.3) is 0 Å². The molecule has 5 nitrogen and oxygen atoms in total. The minimum atomic E-state index is -3.12. The molecule has 0 aliphatic heterocycles. The predicted octanol–water partition coefficient (Wildman–Crippen LogP) is 2.00. The van der Waals surface area contributed by atoms with Crippen LogP contribution >= 0.6 is 0 Å². The molecule has 0 spiro atoms. The lowest BCUT2D eigenvalue weighted by Crippen LogP contribution is -2.61. The Morgan fingerprint density at radius 1 is 1.17 bits per heavy atom. The molecule has 0 aromatic heterocycles. The fourth-order valence-corrected chi connectivity index (χ4v) is 3.34. The van der Waals surface area contributed by atoms with Crippen molar-refractivity contribution >= 4 is 14.9 Å². The third-order valence-electron chi connectivity index (χ3n) is 2.11. The number of rotatable bonds is 10. The molecule has 0 saturated heterocycles. The van der Waals surface area contributed by atoms with Crippen molar-refractivity contribution in [3.05, 3.63) is 12.2 Å². The van der Waals surface area contributed by atoms with Gasteiger partial charge in [0.15, 0.2) is 0 Å². The van der Waals surface area contributed by atoms with Crippen molar-refractivity contribution in [2.24, 2.45) is 0 Å². The lowest BCUT2D eigenvalue weighted by atomic mass is 10.3. The quantitative estimate of drug-likeness (QED) is 0.376. The van der Waals surface area contributed by atoms with Gasteiger partial charge in [-0.1, -0.05) is 19.9 Å². The summed E-state index contributed by atoms with van der Waals surface area (Å²) in [4.78, 5) is 14.4. The largest absolute Gasteiger partial charge is 0.633 e. The van der Waals surface area contributed by atoms with Crippen LogP contribution < -0.4 is 4.98 Å².